The summed E-state index contributed by atoms with van der Waals surface area (Å²) in [4.78, 5) is 15.9. The molecular formula is C22H18ClN3O3. The molecule has 1 N–H and O–H groups in total. The van der Waals surface area contributed by atoms with E-state index in [2.05, 4.69) is 10.1 Å². The Kier molecular flexibility index (Phi) is 5.18. The van der Waals surface area contributed by atoms with Crippen molar-refractivity contribution in [1.29, 1.82) is 0 Å². The van der Waals surface area contributed by atoms with Gasteiger partial charge in [0.1, 0.15) is 10.7 Å². The molecule has 146 valence electrons. The number of aromatic nitrogens is 3. The lowest BCUT2D eigenvalue weighted by molar-refractivity contribution is -0.135. The first kappa shape index (κ1) is 19.0. The molecule has 0 aliphatic heterocycles. The molecule has 0 saturated carbocycles. The Morgan fingerprint density at radius 1 is 1.17 bits per heavy atom. The molecule has 0 atom stereocenters. The van der Waals surface area contributed by atoms with Crippen LogP contribution in [0.15, 0.2) is 59.0 Å². The lowest BCUT2D eigenvalue weighted by Gasteiger charge is -2.04. The molecule has 0 aliphatic rings. The van der Waals surface area contributed by atoms with Crippen molar-refractivity contribution < 1.29 is 14.3 Å². The van der Waals surface area contributed by atoms with E-state index in [4.69, 9.17) is 16.0 Å². The molecule has 4 aromatic rings. The zero-order valence-electron chi connectivity index (χ0n) is 15.7. The number of hydrogen-bond donors (Lipinski definition) is 1. The van der Waals surface area contributed by atoms with Crippen molar-refractivity contribution in [1.82, 2.24) is 14.8 Å². The van der Waals surface area contributed by atoms with Crippen molar-refractivity contribution >= 4 is 40.3 Å². The second kappa shape index (κ2) is 7.93. The first-order valence-electron chi connectivity index (χ1n) is 9.06. The maximum absolute atomic E-state index is 11.4. The lowest BCUT2D eigenvalue weighted by Crippen LogP contribution is -2.01. The zero-order valence-corrected chi connectivity index (χ0v) is 16.4. The van der Waals surface area contributed by atoms with Gasteiger partial charge in [-0.2, -0.15) is 5.10 Å². The van der Waals surface area contributed by atoms with Crippen LogP contribution >= 0.6 is 11.6 Å². The van der Waals surface area contributed by atoms with Crippen LogP contribution in [-0.2, 0) is 11.3 Å². The van der Waals surface area contributed by atoms with Gasteiger partial charge in [0.05, 0.1) is 18.7 Å². The number of benzene rings is 2. The summed E-state index contributed by atoms with van der Waals surface area (Å²) in [7, 11) is 0. The molecule has 2 aromatic heterocycles. The van der Waals surface area contributed by atoms with Crippen LogP contribution in [0.3, 0.4) is 0 Å². The molecule has 0 amide bonds. The number of carboxylic acid groups (broad SMARTS) is 1. The maximum atomic E-state index is 11.4. The highest BCUT2D eigenvalue weighted by Gasteiger charge is 2.18. The van der Waals surface area contributed by atoms with E-state index < -0.39 is 5.97 Å². The van der Waals surface area contributed by atoms with Gasteiger partial charge < -0.3 is 9.52 Å². The molecule has 0 saturated heterocycles. The summed E-state index contributed by atoms with van der Waals surface area (Å²) in [5.41, 5.74) is 4.11. The molecule has 7 heteroatoms. The molecule has 0 radical (unpaired) electrons. The number of fused-ring (bicyclic) bond motifs is 1. The minimum Gasteiger partial charge on any atom is -0.481 e. The van der Waals surface area contributed by atoms with E-state index in [1.165, 1.54) is 0 Å². The van der Waals surface area contributed by atoms with Crippen LogP contribution in [0.4, 0.5) is 0 Å². The van der Waals surface area contributed by atoms with Crippen LogP contribution < -0.4 is 0 Å². The Bertz CT molecular complexity index is 1180. The first-order chi connectivity index (χ1) is 14.0. The number of para-hydroxylation sites is 2. The Balaban J connectivity index is 1.75. The fourth-order valence-corrected chi connectivity index (χ4v) is 3.42. The topological polar surface area (TPSA) is 81.2 Å². The predicted octanol–water partition coefficient (Wildman–Crippen LogP) is 5.05. The van der Waals surface area contributed by atoms with E-state index in [9.17, 15) is 9.90 Å². The van der Waals surface area contributed by atoms with E-state index in [0.717, 1.165) is 5.56 Å². The van der Waals surface area contributed by atoms with Crippen molar-refractivity contribution in [2.45, 2.75) is 19.9 Å². The normalized spacial score (nSPS) is 11.9. The van der Waals surface area contributed by atoms with Gasteiger partial charge in [-0.05, 0) is 30.7 Å². The van der Waals surface area contributed by atoms with Gasteiger partial charge in [-0.1, -0.05) is 54.1 Å². The summed E-state index contributed by atoms with van der Waals surface area (Å²) in [6.07, 6.45) is 1.46. The molecule has 0 fully saturated rings. The summed E-state index contributed by atoms with van der Waals surface area (Å²) in [5.74, 6) is -0.719. The van der Waals surface area contributed by atoms with Crippen molar-refractivity contribution in [3.05, 3.63) is 82.5 Å². The number of halogens is 1. The van der Waals surface area contributed by atoms with Gasteiger partial charge in [-0.15, -0.1) is 0 Å². The average molecular weight is 408 g/mol. The Morgan fingerprint density at radius 2 is 1.90 bits per heavy atom. The number of hydrogen-bond acceptors (Lipinski definition) is 4. The fourth-order valence-electron chi connectivity index (χ4n) is 3.13. The predicted molar refractivity (Wildman–Crippen MR) is 112 cm³/mol. The molecule has 2 heterocycles. The Hall–Kier alpha value is -3.38. The molecule has 4 rings (SSSR count). The number of rotatable bonds is 6. The highest BCUT2D eigenvalue weighted by molar-refractivity contribution is 6.31. The van der Waals surface area contributed by atoms with Crippen LogP contribution in [0.1, 0.15) is 29.1 Å². The summed E-state index contributed by atoms with van der Waals surface area (Å²) in [6.45, 7) is 2.36. The Labute approximate surface area is 172 Å². The molecule has 29 heavy (non-hydrogen) atoms. The van der Waals surface area contributed by atoms with E-state index in [0.29, 0.717) is 39.6 Å². The van der Waals surface area contributed by atoms with Crippen LogP contribution in [0.25, 0.3) is 22.7 Å². The minimum absolute atomic E-state index is 0.244. The van der Waals surface area contributed by atoms with Gasteiger partial charge in [0.2, 0.25) is 5.89 Å². The van der Waals surface area contributed by atoms with Gasteiger partial charge >= 0.3 is 5.97 Å². The van der Waals surface area contributed by atoms with Crippen LogP contribution in [-0.4, -0.2) is 25.8 Å². The van der Waals surface area contributed by atoms with E-state index in [1.54, 1.807) is 16.8 Å². The summed E-state index contributed by atoms with van der Waals surface area (Å²) in [5, 5.41) is 14.3. The van der Waals surface area contributed by atoms with E-state index in [-0.39, 0.29) is 12.3 Å². The molecular weight excluding hydrogens is 390 g/mol. The standard InChI is InChI=1S/C22H18ClN3O3/c1-14-17(21(23)26(25-14)13-15-7-3-2-4-8-15)11-16(12-20(27)28)22-24-18-9-5-6-10-19(18)29-22/h2-11H,12-13H2,1H3,(H,27,28)/b16-11+. The molecule has 0 bridgehead atoms. The van der Waals surface area contributed by atoms with E-state index >= 15 is 0 Å². The van der Waals surface area contributed by atoms with Gasteiger partial charge in [0.15, 0.2) is 5.58 Å². The smallest absolute Gasteiger partial charge is 0.308 e. The highest BCUT2D eigenvalue weighted by atomic mass is 35.5. The average Bonchev–Trinajstić information content (AvgIpc) is 3.24. The molecule has 6 nitrogen and oxygen atoms in total. The largest absolute Gasteiger partial charge is 0.481 e. The number of carboxylic acids is 1. The third-order valence-corrected chi connectivity index (χ3v) is 4.91. The second-order valence-electron chi connectivity index (χ2n) is 6.66. The van der Waals surface area contributed by atoms with Crippen LogP contribution in [0, 0.1) is 6.92 Å². The Morgan fingerprint density at radius 3 is 2.62 bits per heavy atom. The zero-order chi connectivity index (χ0) is 20.4. The summed E-state index contributed by atoms with van der Waals surface area (Å²) in [6, 6.07) is 17.2. The highest BCUT2D eigenvalue weighted by Crippen LogP contribution is 2.29. The van der Waals surface area contributed by atoms with Crippen LogP contribution in [0.2, 0.25) is 5.15 Å². The number of aliphatic carboxylic acids is 1. The number of aryl methyl sites for hydroxylation is 1. The summed E-state index contributed by atoms with van der Waals surface area (Å²) >= 11 is 6.58. The molecule has 0 aliphatic carbocycles. The van der Waals surface area contributed by atoms with Crippen molar-refractivity contribution in [2.75, 3.05) is 0 Å². The third kappa shape index (κ3) is 4.07. The van der Waals surface area contributed by atoms with Gasteiger partial charge in [0.25, 0.3) is 0 Å². The molecule has 2 aromatic carbocycles. The SMILES string of the molecule is Cc1nn(Cc2ccccc2)c(Cl)c1/C=C(\CC(=O)O)c1nc2ccccc2o1. The number of nitrogens with zero attached hydrogens (tertiary/aromatic N) is 3. The minimum atomic E-state index is -0.982. The maximum Gasteiger partial charge on any atom is 0.308 e. The lowest BCUT2D eigenvalue weighted by atomic mass is 10.1. The molecule has 0 unspecified atom stereocenters. The van der Waals surface area contributed by atoms with Crippen LogP contribution in [0.5, 0.6) is 0 Å². The van der Waals surface area contributed by atoms with Gasteiger partial charge in [-0.3, -0.25) is 4.79 Å². The third-order valence-electron chi connectivity index (χ3n) is 4.51. The fraction of sp³-hybridized carbons (Fsp3) is 0.136. The van der Waals surface area contributed by atoms with Crippen molar-refractivity contribution in [3.8, 4) is 0 Å². The quantitative estimate of drug-likeness (QED) is 0.483. The monoisotopic (exact) mass is 407 g/mol. The van der Waals surface area contributed by atoms with Gasteiger partial charge in [0, 0.05) is 11.1 Å². The van der Waals surface area contributed by atoms with Gasteiger partial charge in [-0.25, -0.2) is 9.67 Å². The number of carbonyl (C=O) groups is 1. The van der Waals surface area contributed by atoms with Crippen molar-refractivity contribution in [2.24, 2.45) is 0 Å². The van der Waals surface area contributed by atoms with Crippen molar-refractivity contribution in [3.63, 3.8) is 0 Å². The molecule has 0 spiro atoms. The first-order valence-corrected chi connectivity index (χ1v) is 9.44. The summed E-state index contributed by atoms with van der Waals surface area (Å²) < 4.78 is 7.47. The second-order valence-corrected chi connectivity index (χ2v) is 7.02. The van der Waals surface area contributed by atoms with E-state index in [1.807, 2.05) is 55.5 Å². The number of oxazole rings is 1.